The maximum absolute atomic E-state index is 12.7. The summed E-state index contributed by atoms with van der Waals surface area (Å²) in [4.78, 5) is 33.6. The Kier molecular flexibility index (Phi) is 6.25. The Morgan fingerprint density at radius 3 is 2.74 bits per heavy atom. The molecule has 0 radical (unpaired) electrons. The van der Waals surface area contributed by atoms with Gasteiger partial charge in [0.2, 0.25) is 5.91 Å². The quantitative estimate of drug-likeness (QED) is 0.415. The van der Waals surface area contributed by atoms with Crippen LogP contribution in [0.4, 0.5) is 24.5 Å². The molecule has 1 amide bonds. The van der Waals surface area contributed by atoms with Gasteiger partial charge in [-0.3, -0.25) is 19.5 Å². The summed E-state index contributed by atoms with van der Waals surface area (Å²) < 4.78 is 39.4. The fourth-order valence-electron chi connectivity index (χ4n) is 2.12. The molecule has 9 nitrogen and oxygen atoms in total. The zero-order chi connectivity index (χ0) is 20.2. The van der Waals surface area contributed by atoms with Gasteiger partial charge in [0.15, 0.2) is 5.16 Å². The van der Waals surface area contributed by atoms with Crippen molar-refractivity contribution < 1.29 is 22.9 Å². The van der Waals surface area contributed by atoms with Crippen LogP contribution in [0, 0.1) is 10.1 Å². The Bertz CT molecular complexity index is 909. The SMILES string of the molecule is CCCn1c(SCC(=O)Nc2ccc(C(F)(F)F)cc2[N+](=O)[O-])n[nH]c1=O. The van der Waals surface area contributed by atoms with E-state index in [0.29, 0.717) is 25.1 Å². The van der Waals surface area contributed by atoms with E-state index in [1.165, 1.54) is 4.57 Å². The van der Waals surface area contributed by atoms with Crippen LogP contribution in [0.2, 0.25) is 0 Å². The van der Waals surface area contributed by atoms with E-state index >= 15 is 0 Å². The minimum absolute atomic E-state index is 0.244. The maximum atomic E-state index is 12.7. The topological polar surface area (TPSA) is 123 Å². The van der Waals surface area contributed by atoms with Crippen LogP contribution in [0.3, 0.4) is 0 Å². The Hall–Kier alpha value is -2.83. The first kappa shape index (κ1) is 20.5. The highest BCUT2D eigenvalue weighted by Gasteiger charge is 2.33. The number of nitro benzene ring substituents is 1. The van der Waals surface area contributed by atoms with Gasteiger partial charge >= 0.3 is 11.9 Å². The number of anilines is 1. The van der Waals surface area contributed by atoms with Crippen molar-refractivity contribution in [3.05, 3.63) is 44.4 Å². The number of hydrogen-bond donors (Lipinski definition) is 2. The second kappa shape index (κ2) is 8.24. The van der Waals surface area contributed by atoms with Gasteiger partial charge < -0.3 is 5.32 Å². The van der Waals surface area contributed by atoms with Crippen molar-refractivity contribution in [1.29, 1.82) is 0 Å². The third-order valence-electron chi connectivity index (χ3n) is 3.30. The number of rotatable bonds is 7. The number of amides is 1. The van der Waals surface area contributed by atoms with E-state index < -0.39 is 33.9 Å². The van der Waals surface area contributed by atoms with Gasteiger partial charge in [0, 0.05) is 12.6 Å². The van der Waals surface area contributed by atoms with Crippen LogP contribution in [0.15, 0.2) is 28.2 Å². The number of nitro groups is 1. The molecule has 0 fully saturated rings. The summed E-state index contributed by atoms with van der Waals surface area (Å²) in [5, 5.41) is 19.5. The lowest BCUT2D eigenvalue weighted by atomic mass is 10.1. The average Bonchev–Trinajstić information content (AvgIpc) is 2.93. The smallest absolute Gasteiger partial charge is 0.320 e. The van der Waals surface area contributed by atoms with Gasteiger partial charge in [0.25, 0.3) is 5.69 Å². The molecule has 1 aromatic carbocycles. The van der Waals surface area contributed by atoms with Gasteiger partial charge in [-0.15, -0.1) is 5.10 Å². The summed E-state index contributed by atoms with van der Waals surface area (Å²) in [6.07, 6.45) is -4.08. The number of thioether (sulfide) groups is 1. The van der Waals surface area contributed by atoms with Crippen LogP contribution in [0.25, 0.3) is 0 Å². The van der Waals surface area contributed by atoms with Crippen molar-refractivity contribution in [1.82, 2.24) is 14.8 Å². The molecule has 1 heterocycles. The van der Waals surface area contributed by atoms with Gasteiger partial charge in [-0.2, -0.15) is 13.2 Å². The van der Waals surface area contributed by atoms with Crippen molar-refractivity contribution >= 4 is 29.0 Å². The number of nitrogens with one attached hydrogen (secondary N) is 2. The highest BCUT2D eigenvalue weighted by Crippen LogP contribution is 2.35. The fourth-order valence-corrected chi connectivity index (χ4v) is 2.89. The number of hydrogen-bond acceptors (Lipinski definition) is 6. The zero-order valence-electron chi connectivity index (χ0n) is 13.9. The molecular formula is C14H14F3N5O4S. The lowest BCUT2D eigenvalue weighted by Gasteiger charge is -2.10. The van der Waals surface area contributed by atoms with Gasteiger partial charge in [0.05, 0.1) is 16.2 Å². The molecule has 146 valence electrons. The molecule has 0 saturated carbocycles. The van der Waals surface area contributed by atoms with Gasteiger partial charge in [0.1, 0.15) is 5.69 Å². The molecule has 27 heavy (non-hydrogen) atoms. The average molecular weight is 405 g/mol. The van der Waals surface area contributed by atoms with Crippen molar-refractivity contribution in [2.45, 2.75) is 31.2 Å². The maximum Gasteiger partial charge on any atom is 0.416 e. The molecule has 2 N–H and O–H groups in total. The second-order valence-electron chi connectivity index (χ2n) is 5.29. The van der Waals surface area contributed by atoms with E-state index in [4.69, 9.17) is 0 Å². The number of alkyl halides is 3. The van der Waals surface area contributed by atoms with Crippen LogP contribution >= 0.6 is 11.8 Å². The Morgan fingerprint density at radius 2 is 2.15 bits per heavy atom. The Labute approximate surface area is 154 Å². The largest absolute Gasteiger partial charge is 0.416 e. The van der Waals surface area contributed by atoms with E-state index in [1.807, 2.05) is 6.92 Å². The lowest BCUT2D eigenvalue weighted by molar-refractivity contribution is -0.384. The third kappa shape index (κ3) is 5.09. The molecule has 2 rings (SSSR count). The molecule has 0 saturated heterocycles. The van der Waals surface area contributed by atoms with Gasteiger partial charge in [-0.05, 0) is 18.6 Å². The zero-order valence-corrected chi connectivity index (χ0v) is 14.7. The fraction of sp³-hybridized carbons (Fsp3) is 0.357. The summed E-state index contributed by atoms with van der Waals surface area (Å²) >= 11 is 0.916. The van der Waals surface area contributed by atoms with E-state index in [2.05, 4.69) is 15.5 Å². The van der Waals surface area contributed by atoms with Crippen molar-refractivity contribution in [3.8, 4) is 0 Å². The molecule has 0 unspecified atom stereocenters. The summed E-state index contributed by atoms with van der Waals surface area (Å²) in [7, 11) is 0. The van der Waals surface area contributed by atoms with Crippen LogP contribution in [-0.2, 0) is 17.5 Å². The summed E-state index contributed by atoms with van der Waals surface area (Å²) in [5.41, 5.74) is -2.85. The first-order valence-corrected chi connectivity index (χ1v) is 8.55. The number of aromatic nitrogens is 3. The summed E-state index contributed by atoms with van der Waals surface area (Å²) in [5.74, 6) is -0.937. The number of benzene rings is 1. The molecule has 0 aliphatic heterocycles. The molecule has 1 aromatic heterocycles. The number of aromatic amines is 1. The van der Waals surface area contributed by atoms with Crippen LogP contribution in [0.1, 0.15) is 18.9 Å². The molecule has 0 spiro atoms. The molecule has 0 aliphatic carbocycles. The van der Waals surface area contributed by atoms with E-state index in [1.54, 1.807) is 0 Å². The summed E-state index contributed by atoms with van der Waals surface area (Å²) in [6, 6.07) is 1.82. The van der Waals surface area contributed by atoms with Crippen LogP contribution < -0.4 is 11.0 Å². The predicted octanol–water partition coefficient (Wildman–Crippen LogP) is 2.64. The van der Waals surface area contributed by atoms with Crippen molar-refractivity contribution in [2.75, 3.05) is 11.1 Å². The van der Waals surface area contributed by atoms with Crippen LogP contribution in [0.5, 0.6) is 0 Å². The molecule has 0 aliphatic rings. The number of nitrogens with zero attached hydrogens (tertiary/aromatic N) is 3. The molecule has 13 heteroatoms. The first-order valence-electron chi connectivity index (χ1n) is 7.57. The van der Waals surface area contributed by atoms with Gasteiger partial charge in [-0.1, -0.05) is 18.7 Å². The minimum Gasteiger partial charge on any atom is -0.320 e. The third-order valence-corrected chi connectivity index (χ3v) is 4.28. The van der Waals surface area contributed by atoms with E-state index in [0.717, 1.165) is 17.8 Å². The monoisotopic (exact) mass is 405 g/mol. The molecular weight excluding hydrogens is 391 g/mol. The lowest BCUT2D eigenvalue weighted by Crippen LogP contribution is -2.19. The molecule has 0 atom stereocenters. The van der Waals surface area contributed by atoms with E-state index in [-0.39, 0.29) is 16.6 Å². The standard InChI is InChI=1S/C14H14F3N5O4S/c1-2-5-21-12(24)19-20-13(21)27-7-11(23)18-9-4-3-8(14(15,16)17)6-10(9)22(25)26/h3-4,6H,2,5,7H2,1H3,(H,18,23)(H,19,24). The highest BCUT2D eigenvalue weighted by molar-refractivity contribution is 7.99. The predicted molar refractivity (Wildman–Crippen MR) is 90.6 cm³/mol. The number of H-pyrrole nitrogens is 1. The van der Waals surface area contributed by atoms with Crippen molar-refractivity contribution in [2.24, 2.45) is 0 Å². The minimum atomic E-state index is -4.74. The number of halogens is 3. The van der Waals surface area contributed by atoms with Gasteiger partial charge in [-0.25, -0.2) is 9.89 Å². The normalized spacial score (nSPS) is 11.4. The van der Waals surface area contributed by atoms with Crippen LogP contribution in [-0.4, -0.2) is 31.3 Å². The second-order valence-corrected chi connectivity index (χ2v) is 6.23. The molecule has 0 bridgehead atoms. The van der Waals surface area contributed by atoms with Crippen molar-refractivity contribution in [3.63, 3.8) is 0 Å². The number of carbonyl (C=O) groups excluding carboxylic acids is 1. The van der Waals surface area contributed by atoms with E-state index in [9.17, 15) is 32.9 Å². The number of carbonyl (C=O) groups is 1. The highest BCUT2D eigenvalue weighted by atomic mass is 32.2. The molecule has 2 aromatic rings. The Morgan fingerprint density at radius 1 is 1.44 bits per heavy atom. The summed E-state index contributed by atoms with van der Waals surface area (Å²) in [6.45, 7) is 2.24. The first-order chi connectivity index (χ1) is 12.6. The Balaban J connectivity index is 2.12.